The number of likely N-dealkylation sites (N-methyl/N-ethyl adjacent to an activating group) is 1. The maximum atomic E-state index is 5.63. The Morgan fingerprint density at radius 3 is 2.64 bits per heavy atom. The molecule has 0 heterocycles. The van der Waals surface area contributed by atoms with Crippen LogP contribution in [0.25, 0.3) is 0 Å². The van der Waals surface area contributed by atoms with Gasteiger partial charge in [-0.25, -0.2) is 5.43 Å². The molecule has 1 atom stereocenters. The Balaban J connectivity index is 3.50. The van der Waals surface area contributed by atoms with Gasteiger partial charge >= 0.3 is 0 Å². The van der Waals surface area contributed by atoms with E-state index < -0.39 is 6.29 Å². The number of hydrogen-bond donors (Lipinski definition) is 5. The second-order valence-electron chi connectivity index (χ2n) is 3.21. The summed E-state index contributed by atoms with van der Waals surface area (Å²) in [6.07, 6.45) is -0.403. The van der Waals surface area contributed by atoms with Crippen molar-refractivity contribution in [3.8, 4) is 0 Å². The molecule has 7 heteroatoms. The summed E-state index contributed by atoms with van der Waals surface area (Å²) < 4.78 is 0. The van der Waals surface area contributed by atoms with E-state index in [0.29, 0.717) is 25.5 Å². The van der Waals surface area contributed by atoms with Gasteiger partial charge in [0.1, 0.15) is 12.1 Å². The van der Waals surface area contributed by atoms with Crippen LogP contribution < -0.4 is 28.1 Å². The van der Waals surface area contributed by atoms with E-state index in [1.54, 1.807) is 0 Å². The van der Waals surface area contributed by atoms with E-state index in [0.717, 1.165) is 0 Å². The van der Waals surface area contributed by atoms with Crippen molar-refractivity contribution in [2.75, 3.05) is 33.7 Å². The molecule has 84 valence electrons. The van der Waals surface area contributed by atoms with Crippen molar-refractivity contribution in [3.05, 3.63) is 0 Å². The lowest BCUT2D eigenvalue weighted by Gasteiger charge is -2.11. The SMILES string of the molecule is CN(C)CC(N)=NCCN[C@@H](N)NN. The lowest BCUT2D eigenvalue weighted by atomic mass is 10.5. The van der Waals surface area contributed by atoms with E-state index in [1.165, 1.54) is 0 Å². The molecule has 0 aliphatic rings. The van der Waals surface area contributed by atoms with Gasteiger partial charge in [-0.2, -0.15) is 0 Å². The normalized spacial score (nSPS) is 14.8. The van der Waals surface area contributed by atoms with Gasteiger partial charge in [-0.1, -0.05) is 0 Å². The Hall–Kier alpha value is -0.730. The number of nitrogens with two attached hydrogens (primary N) is 3. The van der Waals surface area contributed by atoms with Crippen LogP contribution in [0.4, 0.5) is 0 Å². The van der Waals surface area contributed by atoms with Crippen molar-refractivity contribution >= 4 is 5.84 Å². The molecule has 0 radical (unpaired) electrons. The zero-order chi connectivity index (χ0) is 11.0. The highest BCUT2D eigenvalue weighted by Crippen LogP contribution is 1.76. The maximum Gasteiger partial charge on any atom is 0.121 e. The average molecular weight is 203 g/mol. The van der Waals surface area contributed by atoms with Crippen molar-refractivity contribution < 1.29 is 0 Å². The topological polar surface area (TPSA) is 118 Å². The van der Waals surface area contributed by atoms with Crippen LogP contribution in [-0.2, 0) is 0 Å². The number of rotatable bonds is 7. The van der Waals surface area contributed by atoms with Crippen LogP contribution in [-0.4, -0.2) is 50.8 Å². The molecule has 0 saturated carbocycles. The highest BCUT2D eigenvalue weighted by Gasteiger charge is 1.96. The zero-order valence-corrected chi connectivity index (χ0v) is 8.83. The molecular weight excluding hydrogens is 182 g/mol. The molecule has 0 aromatic rings. The fourth-order valence-corrected chi connectivity index (χ4v) is 0.852. The molecule has 0 aromatic carbocycles. The van der Waals surface area contributed by atoms with Crippen molar-refractivity contribution in [2.24, 2.45) is 22.3 Å². The molecule has 0 unspecified atom stereocenters. The number of amidine groups is 1. The summed E-state index contributed by atoms with van der Waals surface area (Å²) in [5.74, 6) is 5.69. The molecule has 0 amide bonds. The minimum Gasteiger partial charge on any atom is -0.386 e. The Morgan fingerprint density at radius 1 is 1.50 bits per heavy atom. The predicted molar refractivity (Wildman–Crippen MR) is 58.3 cm³/mol. The van der Waals surface area contributed by atoms with Crippen LogP contribution in [0.15, 0.2) is 4.99 Å². The molecule has 8 N–H and O–H groups in total. The Kier molecular flexibility index (Phi) is 7.25. The lowest BCUT2D eigenvalue weighted by Crippen LogP contribution is -2.53. The van der Waals surface area contributed by atoms with Crippen LogP contribution in [0.5, 0.6) is 0 Å². The molecule has 14 heavy (non-hydrogen) atoms. The molecule has 0 aromatic heterocycles. The number of nitrogens with one attached hydrogen (secondary N) is 2. The van der Waals surface area contributed by atoms with Gasteiger partial charge in [-0.05, 0) is 14.1 Å². The molecule has 0 aliphatic carbocycles. The first-order chi connectivity index (χ1) is 6.56. The minimum atomic E-state index is -0.403. The third-order valence-corrected chi connectivity index (χ3v) is 1.45. The van der Waals surface area contributed by atoms with Crippen molar-refractivity contribution in [2.45, 2.75) is 6.29 Å². The van der Waals surface area contributed by atoms with Crippen LogP contribution >= 0.6 is 0 Å². The molecule has 0 spiro atoms. The summed E-state index contributed by atoms with van der Waals surface area (Å²) in [4.78, 5) is 6.09. The summed E-state index contributed by atoms with van der Waals surface area (Å²) in [5, 5.41) is 2.91. The summed E-state index contributed by atoms with van der Waals surface area (Å²) in [6, 6.07) is 0. The number of aliphatic imine (C=N–C) groups is 1. The van der Waals surface area contributed by atoms with Gasteiger partial charge in [-0.15, -0.1) is 0 Å². The van der Waals surface area contributed by atoms with E-state index in [2.05, 4.69) is 15.7 Å². The standard InChI is InChI=1S/C7H21N7/c1-14(2)5-6(8)11-3-4-12-7(9)13-10/h7,12-13H,3-5,9-10H2,1-2H3,(H2,8,11)/t7-/m1/s1. The fraction of sp³-hybridized carbons (Fsp3) is 0.857. The highest BCUT2D eigenvalue weighted by molar-refractivity contribution is 5.82. The van der Waals surface area contributed by atoms with Gasteiger partial charge in [0.2, 0.25) is 0 Å². The second kappa shape index (κ2) is 7.65. The molecular formula is C7H21N7. The molecule has 0 saturated heterocycles. The second-order valence-corrected chi connectivity index (χ2v) is 3.21. The average Bonchev–Trinajstić information content (AvgIpc) is 2.10. The van der Waals surface area contributed by atoms with Crippen LogP contribution in [0.1, 0.15) is 0 Å². The quantitative estimate of drug-likeness (QED) is 0.0762. The Bertz CT molecular complexity index is 167. The number of hydrazine groups is 1. The fourth-order valence-electron chi connectivity index (χ4n) is 0.852. The van der Waals surface area contributed by atoms with E-state index in [-0.39, 0.29) is 0 Å². The Morgan fingerprint density at radius 2 is 2.14 bits per heavy atom. The van der Waals surface area contributed by atoms with Gasteiger partial charge in [0.15, 0.2) is 0 Å². The van der Waals surface area contributed by atoms with Gasteiger partial charge in [0.25, 0.3) is 0 Å². The van der Waals surface area contributed by atoms with Crippen molar-refractivity contribution in [1.29, 1.82) is 0 Å². The van der Waals surface area contributed by atoms with Gasteiger partial charge in [-0.3, -0.25) is 16.2 Å². The summed E-state index contributed by atoms with van der Waals surface area (Å²) >= 11 is 0. The monoisotopic (exact) mass is 203 g/mol. The van der Waals surface area contributed by atoms with Gasteiger partial charge < -0.3 is 16.4 Å². The zero-order valence-electron chi connectivity index (χ0n) is 8.83. The highest BCUT2D eigenvalue weighted by atomic mass is 15.4. The minimum absolute atomic E-state index is 0.403. The van der Waals surface area contributed by atoms with E-state index in [1.807, 2.05) is 19.0 Å². The van der Waals surface area contributed by atoms with E-state index in [9.17, 15) is 0 Å². The third-order valence-electron chi connectivity index (χ3n) is 1.45. The lowest BCUT2D eigenvalue weighted by molar-refractivity contribution is 0.450. The first kappa shape index (κ1) is 13.3. The van der Waals surface area contributed by atoms with Gasteiger partial charge in [0.05, 0.1) is 13.1 Å². The van der Waals surface area contributed by atoms with Crippen LogP contribution in [0.3, 0.4) is 0 Å². The molecule has 0 bridgehead atoms. The summed E-state index contributed by atoms with van der Waals surface area (Å²) in [5.41, 5.74) is 13.4. The molecule has 0 fully saturated rings. The number of nitrogens with zero attached hydrogens (tertiary/aromatic N) is 2. The first-order valence-electron chi connectivity index (χ1n) is 4.45. The van der Waals surface area contributed by atoms with Gasteiger partial charge in [0, 0.05) is 6.54 Å². The van der Waals surface area contributed by atoms with E-state index >= 15 is 0 Å². The third kappa shape index (κ3) is 7.90. The largest absolute Gasteiger partial charge is 0.386 e. The first-order valence-corrected chi connectivity index (χ1v) is 4.45. The smallest absolute Gasteiger partial charge is 0.121 e. The van der Waals surface area contributed by atoms with E-state index in [4.69, 9.17) is 17.3 Å². The predicted octanol–water partition coefficient (Wildman–Crippen LogP) is -2.80. The van der Waals surface area contributed by atoms with Crippen LogP contribution in [0.2, 0.25) is 0 Å². The number of hydrogen-bond acceptors (Lipinski definition) is 6. The van der Waals surface area contributed by atoms with Crippen molar-refractivity contribution in [3.63, 3.8) is 0 Å². The summed E-state index contributed by atoms with van der Waals surface area (Å²) in [7, 11) is 3.88. The molecule has 7 nitrogen and oxygen atoms in total. The summed E-state index contributed by atoms with van der Waals surface area (Å²) in [6.45, 7) is 1.90. The molecule has 0 aliphatic heterocycles. The molecule has 0 rings (SSSR count). The maximum absolute atomic E-state index is 5.63. The Labute approximate surface area is 84.7 Å². The van der Waals surface area contributed by atoms with Crippen molar-refractivity contribution in [1.82, 2.24) is 15.6 Å². The van der Waals surface area contributed by atoms with Crippen LogP contribution in [0, 0.1) is 0 Å².